The first-order valence-electron chi connectivity index (χ1n) is 8.21. The molecule has 0 aliphatic rings. The van der Waals surface area contributed by atoms with E-state index >= 15 is 0 Å². The van der Waals surface area contributed by atoms with Crippen molar-refractivity contribution in [1.29, 1.82) is 0 Å². The van der Waals surface area contributed by atoms with Gasteiger partial charge in [-0.3, -0.25) is 14.9 Å². The summed E-state index contributed by atoms with van der Waals surface area (Å²) in [7, 11) is 0. The van der Waals surface area contributed by atoms with Crippen LogP contribution in [0.5, 0.6) is 5.75 Å². The Balaban J connectivity index is 2.00. The number of nitrogens with one attached hydrogen (secondary N) is 1. The second-order valence-corrected chi connectivity index (χ2v) is 6.29. The maximum absolute atomic E-state index is 13.2. The molecule has 0 radical (unpaired) electrons. The van der Waals surface area contributed by atoms with E-state index in [0.29, 0.717) is 16.8 Å². The molecular formula is C18H14ClF3N2O6. The first kappa shape index (κ1) is 22.9. The lowest BCUT2D eigenvalue weighted by Crippen LogP contribution is -2.32. The molecule has 0 aromatic heterocycles. The van der Waals surface area contributed by atoms with Crippen LogP contribution < -0.4 is 10.1 Å². The van der Waals surface area contributed by atoms with Gasteiger partial charge in [-0.2, -0.15) is 13.2 Å². The van der Waals surface area contributed by atoms with E-state index in [-0.39, 0.29) is 0 Å². The number of ether oxygens (including phenoxy) is 2. The predicted molar refractivity (Wildman–Crippen MR) is 99.2 cm³/mol. The number of non-ortho nitro benzene ring substituents is 1. The molecule has 0 spiro atoms. The van der Waals surface area contributed by atoms with Crippen molar-refractivity contribution in [3.63, 3.8) is 0 Å². The Kier molecular flexibility index (Phi) is 7.22. The van der Waals surface area contributed by atoms with Crippen LogP contribution in [0.2, 0.25) is 5.02 Å². The summed E-state index contributed by atoms with van der Waals surface area (Å²) < 4.78 is 49.4. The summed E-state index contributed by atoms with van der Waals surface area (Å²) in [6, 6.07) is 7.91. The van der Waals surface area contributed by atoms with Gasteiger partial charge >= 0.3 is 12.1 Å². The number of nitrogens with zero attached hydrogens (tertiary/aromatic N) is 1. The summed E-state index contributed by atoms with van der Waals surface area (Å²) in [6.07, 6.45) is -6.41. The highest BCUT2D eigenvalue weighted by atomic mass is 35.5. The van der Waals surface area contributed by atoms with Crippen molar-refractivity contribution in [3.8, 4) is 5.75 Å². The summed E-state index contributed by atoms with van der Waals surface area (Å²) in [5.41, 5.74) is -2.91. The largest absolute Gasteiger partial charge is 0.482 e. The van der Waals surface area contributed by atoms with Crippen LogP contribution in [0, 0.1) is 10.1 Å². The number of benzene rings is 2. The number of amides is 1. The Labute approximate surface area is 172 Å². The molecule has 0 saturated carbocycles. The van der Waals surface area contributed by atoms with Gasteiger partial charge in [-0.1, -0.05) is 11.6 Å². The summed E-state index contributed by atoms with van der Waals surface area (Å²) >= 11 is 5.71. The minimum atomic E-state index is -4.96. The Morgan fingerprint density at radius 1 is 1.20 bits per heavy atom. The van der Waals surface area contributed by atoms with E-state index in [2.05, 4.69) is 0 Å². The number of halogens is 4. The fourth-order valence-electron chi connectivity index (χ4n) is 2.18. The maximum Gasteiger partial charge on any atom is 0.418 e. The number of anilines is 1. The molecule has 1 amide bonds. The lowest BCUT2D eigenvalue weighted by molar-refractivity contribution is -0.385. The first-order valence-corrected chi connectivity index (χ1v) is 8.59. The predicted octanol–water partition coefficient (Wildman–Crippen LogP) is 4.22. The number of hydrogen-bond donors (Lipinski definition) is 1. The Morgan fingerprint density at radius 2 is 1.83 bits per heavy atom. The highest BCUT2D eigenvalue weighted by Crippen LogP contribution is 2.37. The number of hydrogen-bond acceptors (Lipinski definition) is 6. The number of esters is 1. The number of nitro groups is 1. The van der Waals surface area contributed by atoms with Crippen molar-refractivity contribution in [2.24, 2.45) is 0 Å². The van der Waals surface area contributed by atoms with Gasteiger partial charge in [0.25, 0.3) is 11.6 Å². The summed E-state index contributed by atoms with van der Waals surface area (Å²) in [4.78, 5) is 33.6. The molecule has 0 aliphatic heterocycles. The van der Waals surface area contributed by atoms with Gasteiger partial charge in [-0.15, -0.1) is 0 Å². The second-order valence-electron chi connectivity index (χ2n) is 5.85. The molecule has 12 heteroatoms. The van der Waals surface area contributed by atoms with Crippen LogP contribution in [0.1, 0.15) is 12.5 Å². The van der Waals surface area contributed by atoms with Gasteiger partial charge in [0, 0.05) is 17.2 Å². The lowest BCUT2D eigenvalue weighted by Gasteiger charge is -2.17. The quantitative estimate of drug-likeness (QED) is 0.387. The third kappa shape index (κ3) is 6.34. The molecule has 8 nitrogen and oxygen atoms in total. The summed E-state index contributed by atoms with van der Waals surface area (Å²) in [5.74, 6) is -1.68. The van der Waals surface area contributed by atoms with E-state index in [1.54, 1.807) is 0 Å². The average Bonchev–Trinajstić information content (AvgIpc) is 2.66. The molecule has 2 aromatic carbocycles. The SMILES string of the molecule is CC(OC(=O)COc1ccc(Cl)cc1)C(=O)Nc1ccc([N+](=O)[O-])cc1C(F)(F)F. The molecule has 0 aliphatic carbocycles. The normalized spacial score (nSPS) is 12.0. The highest BCUT2D eigenvalue weighted by molar-refractivity contribution is 6.30. The molecule has 0 fully saturated rings. The minimum absolute atomic E-state index is 0.298. The fourth-order valence-corrected chi connectivity index (χ4v) is 2.31. The molecule has 30 heavy (non-hydrogen) atoms. The van der Waals surface area contributed by atoms with Crippen molar-refractivity contribution >= 4 is 34.9 Å². The van der Waals surface area contributed by atoms with Crippen LogP contribution >= 0.6 is 11.6 Å². The number of rotatable bonds is 7. The topological polar surface area (TPSA) is 108 Å². The fraction of sp³-hybridized carbons (Fsp3) is 0.222. The molecule has 1 atom stereocenters. The molecule has 0 saturated heterocycles. The van der Waals surface area contributed by atoms with Gasteiger partial charge in [0.1, 0.15) is 5.75 Å². The average molecular weight is 447 g/mol. The van der Waals surface area contributed by atoms with Gasteiger partial charge in [-0.05, 0) is 37.3 Å². The molecule has 1 N–H and O–H groups in total. The van der Waals surface area contributed by atoms with Crippen LogP contribution in [0.15, 0.2) is 42.5 Å². The van der Waals surface area contributed by atoms with Gasteiger partial charge in [0.05, 0.1) is 16.2 Å². The minimum Gasteiger partial charge on any atom is -0.482 e. The number of nitro benzene ring substituents is 1. The Hall–Kier alpha value is -3.34. The zero-order chi connectivity index (χ0) is 22.5. The van der Waals surface area contributed by atoms with Crippen LogP contribution in [-0.4, -0.2) is 29.5 Å². The van der Waals surface area contributed by atoms with Crippen molar-refractivity contribution in [2.75, 3.05) is 11.9 Å². The molecule has 0 bridgehead atoms. The maximum atomic E-state index is 13.2. The van der Waals surface area contributed by atoms with Crippen molar-refractivity contribution in [2.45, 2.75) is 19.2 Å². The monoisotopic (exact) mass is 446 g/mol. The third-order valence-corrected chi connectivity index (χ3v) is 3.88. The molecule has 0 heterocycles. The standard InChI is InChI=1S/C18H14ClF3N2O6/c1-10(30-16(25)9-29-13-5-2-11(19)3-6-13)17(26)23-15-7-4-12(24(27)28)8-14(15)18(20,21)22/h2-8,10H,9H2,1H3,(H,23,26). The van der Waals surface area contributed by atoms with Crippen molar-refractivity contribution < 1.29 is 37.2 Å². The van der Waals surface area contributed by atoms with Crippen LogP contribution in [0.3, 0.4) is 0 Å². The number of alkyl halides is 3. The van der Waals surface area contributed by atoms with Gasteiger partial charge < -0.3 is 14.8 Å². The lowest BCUT2D eigenvalue weighted by atomic mass is 10.1. The van der Waals surface area contributed by atoms with E-state index in [1.165, 1.54) is 24.3 Å². The smallest absolute Gasteiger partial charge is 0.418 e. The van der Waals surface area contributed by atoms with Crippen LogP contribution in [-0.2, 0) is 20.5 Å². The molecular weight excluding hydrogens is 433 g/mol. The van der Waals surface area contributed by atoms with E-state index in [1.807, 2.05) is 5.32 Å². The molecule has 160 valence electrons. The molecule has 1 unspecified atom stereocenters. The zero-order valence-electron chi connectivity index (χ0n) is 15.2. The third-order valence-electron chi connectivity index (χ3n) is 3.63. The summed E-state index contributed by atoms with van der Waals surface area (Å²) in [5, 5.41) is 13.1. The number of carbonyl (C=O) groups is 2. The van der Waals surface area contributed by atoms with Crippen molar-refractivity contribution in [1.82, 2.24) is 0 Å². The van der Waals surface area contributed by atoms with E-state index < -0.39 is 52.6 Å². The van der Waals surface area contributed by atoms with Crippen molar-refractivity contribution in [3.05, 3.63) is 63.2 Å². The van der Waals surface area contributed by atoms with E-state index in [9.17, 15) is 32.9 Å². The van der Waals surface area contributed by atoms with E-state index in [4.69, 9.17) is 21.1 Å². The first-order chi connectivity index (χ1) is 14.0. The highest BCUT2D eigenvalue weighted by Gasteiger charge is 2.36. The van der Waals surface area contributed by atoms with Gasteiger partial charge in [0.15, 0.2) is 12.7 Å². The van der Waals surface area contributed by atoms with Gasteiger partial charge in [0.2, 0.25) is 0 Å². The molecule has 2 aromatic rings. The van der Waals surface area contributed by atoms with Crippen LogP contribution in [0.4, 0.5) is 24.5 Å². The Bertz CT molecular complexity index is 950. The number of carbonyl (C=O) groups excluding carboxylic acids is 2. The van der Waals surface area contributed by atoms with Gasteiger partial charge in [-0.25, -0.2) is 4.79 Å². The second kappa shape index (κ2) is 9.44. The summed E-state index contributed by atoms with van der Waals surface area (Å²) in [6.45, 7) is 0.596. The van der Waals surface area contributed by atoms with Crippen LogP contribution in [0.25, 0.3) is 0 Å². The Morgan fingerprint density at radius 3 is 2.40 bits per heavy atom. The zero-order valence-corrected chi connectivity index (χ0v) is 16.0. The van der Waals surface area contributed by atoms with E-state index in [0.717, 1.165) is 19.1 Å². The molecule has 2 rings (SSSR count).